The number of carboxylic acid groups (broad SMARTS) is 1. The average molecular weight is 559 g/mol. The van der Waals surface area contributed by atoms with Gasteiger partial charge in [-0.05, 0) is 24.8 Å². The van der Waals surface area contributed by atoms with E-state index >= 15 is 0 Å². The minimum Gasteiger partial charge on any atom is -0.550 e. The summed E-state index contributed by atoms with van der Waals surface area (Å²) in [6.07, 6.45) is 24.6. The van der Waals surface area contributed by atoms with Crippen molar-refractivity contribution in [1.82, 2.24) is 5.32 Å². The molecule has 0 bridgehead atoms. The van der Waals surface area contributed by atoms with Crippen LogP contribution in [0.2, 0.25) is 0 Å². The summed E-state index contributed by atoms with van der Waals surface area (Å²) in [5, 5.41) is 13.5. The molecule has 6 heteroatoms. The van der Waals surface area contributed by atoms with Crippen LogP contribution in [-0.2, 0) is 25.7 Å². The lowest BCUT2D eigenvalue weighted by Crippen LogP contribution is -2.42. The molecule has 0 aromatic heterocycles. The summed E-state index contributed by atoms with van der Waals surface area (Å²) in [6.45, 7) is 2.35. The van der Waals surface area contributed by atoms with E-state index < -0.39 is 18.0 Å². The van der Waals surface area contributed by atoms with Crippen molar-refractivity contribution in [1.29, 1.82) is 0 Å². The molecule has 0 heterocycles. The zero-order valence-corrected chi connectivity index (χ0v) is 25.3. The van der Waals surface area contributed by atoms with Crippen LogP contribution >= 0.6 is 0 Å². The lowest BCUT2D eigenvalue weighted by molar-refractivity contribution is -0.305. The van der Waals surface area contributed by atoms with Gasteiger partial charge in [0.1, 0.15) is 12.6 Å². The van der Waals surface area contributed by atoms with E-state index in [1.807, 2.05) is 30.3 Å². The Morgan fingerprint density at radius 2 is 1.12 bits per heavy atom. The average Bonchev–Trinajstić information content (AvgIpc) is 2.95. The number of hydrogen-bond donors (Lipinski definition) is 1. The van der Waals surface area contributed by atoms with Crippen LogP contribution in [0.1, 0.15) is 154 Å². The third-order valence-corrected chi connectivity index (χ3v) is 7.49. The molecule has 0 spiro atoms. The van der Waals surface area contributed by atoms with Crippen molar-refractivity contribution in [2.24, 2.45) is 0 Å². The molecule has 1 amide bonds. The first kappa shape index (κ1) is 35.7. The van der Waals surface area contributed by atoms with E-state index in [-0.39, 0.29) is 25.4 Å². The number of rotatable bonds is 27. The Balaban J connectivity index is 2.01. The van der Waals surface area contributed by atoms with Crippen molar-refractivity contribution in [3.63, 3.8) is 0 Å². The topological polar surface area (TPSA) is 95.5 Å². The second kappa shape index (κ2) is 25.6. The van der Waals surface area contributed by atoms with Gasteiger partial charge in [0.2, 0.25) is 5.91 Å². The third kappa shape index (κ3) is 21.5. The fraction of sp³-hybridized carbons (Fsp3) is 0.735. The van der Waals surface area contributed by atoms with Gasteiger partial charge in [-0.25, -0.2) is 4.79 Å². The number of hydrogen-bond acceptors (Lipinski definition) is 5. The maximum atomic E-state index is 12.5. The zero-order chi connectivity index (χ0) is 29.1. The molecule has 40 heavy (non-hydrogen) atoms. The number of carboxylic acids is 1. The number of amides is 1. The van der Waals surface area contributed by atoms with E-state index in [1.54, 1.807) is 0 Å². The molecule has 0 aliphatic heterocycles. The molecule has 1 atom stereocenters. The molecule has 0 saturated heterocycles. The first-order valence-corrected chi connectivity index (χ1v) is 16.2. The Hall–Kier alpha value is -2.37. The summed E-state index contributed by atoms with van der Waals surface area (Å²) in [6, 6.07) is 8.25. The van der Waals surface area contributed by atoms with Crippen LogP contribution in [-0.4, -0.2) is 23.9 Å². The second-order valence-corrected chi connectivity index (χ2v) is 11.2. The SMILES string of the molecule is CCCCCCCCCCCCCCCCCCCCCC(=O)NC(CCC(=O)[O-])C(=O)OCc1ccccc1. The smallest absolute Gasteiger partial charge is 0.328 e. The van der Waals surface area contributed by atoms with E-state index in [4.69, 9.17) is 4.74 Å². The highest BCUT2D eigenvalue weighted by Crippen LogP contribution is 2.15. The maximum Gasteiger partial charge on any atom is 0.328 e. The molecule has 0 saturated carbocycles. The number of esters is 1. The first-order valence-electron chi connectivity index (χ1n) is 16.2. The van der Waals surface area contributed by atoms with E-state index in [1.165, 1.54) is 103 Å². The van der Waals surface area contributed by atoms with Gasteiger partial charge in [0.15, 0.2) is 0 Å². The molecule has 0 radical (unpaired) electrons. The van der Waals surface area contributed by atoms with E-state index in [9.17, 15) is 19.5 Å². The van der Waals surface area contributed by atoms with Gasteiger partial charge in [0, 0.05) is 12.4 Å². The van der Waals surface area contributed by atoms with Crippen molar-refractivity contribution in [3.8, 4) is 0 Å². The van der Waals surface area contributed by atoms with Gasteiger partial charge in [-0.1, -0.05) is 153 Å². The Bertz CT molecular complexity index is 767. The highest BCUT2D eigenvalue weighted by molar-refractivity contribution is 5.84. The lowest BCUT2D eigenvalue weighted by Gasteiger charge is -2.18. The zero-order valence-electron chi connectivity index (χ0n) is 25.3. The van der Waals surface area contributed by atoms with E-state index in [2.05, 4.69) is 12.2 Å². The number of nitrogens with one attached hydrogen (secondary N) is 1. The van der Waals surface area contributed by atoms with Gasteiger partial charge in [-0.3, -0.25) is 4.79 Å². The monoisotopic (exact) mass is 558 g/mol. The van der Waals surface area contributed by atoms with Crippen LogP contribution < -0.4 is 10.4 Å². The summed E-state index contributed by atoms with van der Waals surface area (Å²) in [7, 11) is 0. The molecule has 1 unspecified atom stereocenters. The minimum absolute atomic E-state index is 0.0408. The van der Waals surface area contributed by atoms with E-state index in [0.29, 0.717) is 6.42 Å². The summed E-state index contributed by atoms with van der Waals surface area (Å²) in [5.41, 5.74) is 0.829. The van der Waals surface area contributed by atoms with Gasteiger partial charge >= 0.3 is 5.97 Å². The normalized spacial score (nSPS) is 11.7. The number of aliphatic carboxylic acids is 1. The van der Waals surface area contributed by atoms with Crippen molar-refractivity contribution in [3.05, 3.63) is 35.9 Å². The summed E-state index contributed by atoms with van der Waals surface area (Å²) in [4.78, 5) is 35.7. The minimum atomic E-state index is -1.26. The maximum absolute atomic E-state index is 12.5. The summed E-state index contributed by atoms with van der Waals surface area (Å²) < 4.78 is 5.30. The van der Waals surface area contributed by atoms with Crippen LogP contribution in [0.4, 0.5) is 0 Å². The van der Waals surface area contributed by atoms with E-state index in [0.717, 1.165) is 24.8 Å². The first-order chi connectivity index (χ1) is 19.5. The Morgan fingerprint density at radius 1 is 0.675 bits per heavy atom. The highest BCUT2D eigenvalue weighted by atomic mass is 16.5. The largest absolute Gasteiger partial charge is 0.550 e. The van der Waals surface area contributed by atoms with Crippen molar-refractivity contribution >= 4 is 17.8 Å². The number of benzene rings is 1. The lowest BCUT2D eigenvalue weighted by atomic mass is 10.0. The molecule has 0 fully saturated rings. The Morgan fingerprint density at radius 3 is 1.57 bits per heavy atom. The van der Waals surface area contributed by atoms with Crippen LogP contribution in [0.5, 0.6) is 0 Å². The van der Waals surface area contributed by atoms with Crippen molar-refractivity contribution in [2.45, 2.75) is 161 Å². The van der Waals surface area contributed by atoms with Crippen molar-refractivity contribution in [2.75, 3.05) is 0 Å². The highest BCUT2D eigenvalue weighted by Gasteiger charge is 2.22. The van der Waals surface area contributed by atoms with Crippen LogP contribution in [0.15, 0.2) is 30.3 Å². The molecule has 228 valence electrons. The third-order valence-electron chi connectivity index (χ3n) is 7.49. The van der Waals surface area contributed by atoms with Crippen LogP contribution in [0.3, 0.4) is 0 Å². The van der Waals surface area contributed by atoms with Gasteiger partial charge in [-0.15, -0.1) is 0 Å². The predicted molar refractivity (Wildman–Crippen MR) is 160 cm³/mol. The van der Waals surface area contributed by atoms with Crippen LogP contribution in [0, 0.1) is 0 Å². The number of unbranched alkanes of at least 4 members (excludes halogenated alkanes) is 18. The second-order valence-electron chi connectivity index (χ2n) is 11.2. The van der Waals surface area contributed by atoms with Gasteiger partial charge in [0.25, 0.3) is 0 Å². The molecule has 1 aromatic carbocycles. The summed E-state index contributed by atoms with van der Waals surface area (Å²) >= 11 is 0. The molecule has 0 aliphatic rings. The molecule has 1 aromatic rings. The quantitative estimate of drug-likeness (QED) is 0.0887. The Labute approximate surface area is 244 Å². The van der Waals surface area contributed by atoms with Gasteiger partial charge in [-0.2, -0.15) is 0 Å². The molecule has 6 nitrogen and oxygen atoms in total. The standard InChI is InChI=1S/C34H57NO5/c1-2-3-4-5-6-7-8-9-10-11-12-13-14-15-16-17-18-19-23-26-32(36)35-31(27-28-33(37)38)34(39)40-29-30-24-21-20-22-25-30/h20-22,24-25,31H,2-19,23,26-29H2,1H3,(H,35,36)(H,37,38)/p-1. The molecular formula is C34H56NO5-. The molecule has 1 N–H and O–H groups in total. The number of ether oxygens (including phenoxy) is 1. The molecule has 1 rings (SSSR count). The Kier molecular flexibility index (Phi) is 22.8. The van der Waals surface area contributed by atoms with Gasteiger partial charge < -0.3 is 20.0 Å². The molecular weight excluding hydrogens is 502 g/mol. The molecule has 0 aliphatic carbocycles. The fourth-order valence-electron chi connectivity index (χ4n) is 4.97. The number of carbonyl (C=O) groups excluding carboxylic acids is 3. The summed E-state index contributed by atoms with van der Waals surface area (Å²) in [5.74, 6) is -2.12. The van der Waals surface area contributed by atoms with Gasteiger partial charge in [0.05, 0.1) is 0 Å². The fourth-order valence-corrected chi connectivity index (χ4v) is 4.97. The number of carbonyl (C=O) groups is 3. The van der Waals surface area contributed by atoms with Crippen LogP contribution in [0.25, 0.3) is 0 Å². The van der Waals surface area contributed by atoms with Crippen molar-refractivity contribution < 1.29 is 24.2 Å². The predicted octanol–water partition coefficient (Wildman–Crippen LogP) is 7.57.